The van der Waals surface area contributed by atoms with Gasteiger partial charge in [0, 0.05) is 62.0 Å². The zero-order valence-electron chi connectivity index (χ0n) is 22.2. The van der Waals surface area contributed by atoms with Gasteiger partial charge in [0.2, 0.25) is 11.8 Å². The highest BCUT2D eigenvalue weighted by atomic mass is 16.6. The molecule has 8 heteroatoms. The molecule has 2 saturated heterocycles. The number of rotatable bonds is 4. The predicted molar refractivity (Wildman–Crippen MR) is 137 cm³/mol. The van der Waals surface area contributed by atoms with Gasteiger partial charge in [0.1, 0.15) is 11.6 Å². The van der Waals surface area contributed by atoms with Crippen molar-refractivity contribution in [1.82, 2.24) is 10.2 Å². The van der Waals surface area contributed by atoms with Gasteiger partial charge in [-0.2, -0.15) is 0 Å². The van der Waals surface area contributed by atoms with Gasteiger partial charge >= 0.3 is 6.09 Å². The Bertz CT molecular complexity index is 1000. The fourth-order valence-electron chi connectivity index (χ4n) is 6.00. The number of nitrogens with one attached hydrogen (secondary N) is 1. The molecule has 4 rings (SSSR count). The van der Waals surface area contributed by atoms with Gasteiger partial charge < -0.3 is 19.4 Å². The first kappa shape index (κ1) is 25.3. The zero-order chi connectivity index (χ0) is 25.7. The van der Waals surface area contributed by atoms with Crippen molar-refractivity contribution in [3.8, 4) is 0 Å². The van der Waals surface area contributed by atoms with E-state index in [1.54, 1.807) is 4.90 Å². The third kappa shape index (κ3) is 5.11. The lowest BCUT2D eigenvalue weighted by Crippen LogP contribution is -2.61. The van der Waals surface area contributed by atoms with Crippen molar-refractivity contribution in [3.63, 3.8) is 0 Å². The molecule has 3 aliphatic heterocycles. The quantitative estimate of drug-likeness (QED) is 0.658. The predicted octanol–water partition coefficient (Wildman–Crippen LogP) is 3.57. The van der Waals surface area contributed by atoms with E-state index in [1.165, 1.54) is 11.3 Å². The number of amides is 3. The molecule has 1 N–H and O–H groups in total. The Balaban J connectivity index is 1.48. The van der Waals surface area contributed by atoms with E-state index in [0.29, 0.717) is 18.8 Å². The molecule has 3 aliphatic rings. The number of fused-ring (bicyclic) bond motifs is 1. The highest BCUT2D eigenvalue weighted by Crippen LogP contribution is 2.42. The molecule has 0 radical (unpaired) electrons. The number of imide groups is 1. The van der Waals surface area contributed by atoms with Gasteiger partial charge in [-0.3, -0.25) is 14.9 Å². The number of ether oxygens (including phenoxy) is 1. The minimum atomic E-state index is -0.529. The Morgan fingerprint density at radius 2 is 1.74 bits per heavy atom. The third-order valence-corrected chi connectivity index (χ3v) is 7.31. The summed E-state index contributed by atoms with van der Waals surface area (Å²) in [7, 11) is 1.85. The highest BCUT2D eigenvalue weighted by molar-refractivity contribution is 6.02. The van der Waals surface area contributed by atoms with Crippen LogP contribution in [-0.2, 0) is 20.7 Å². The number of hydrogen-bond acceptors (Lipinski definition) is 6. The van der Waals surface area contributed by atoms with Crippen LogP contribution in [0.5, 0.6) is 0 Å². The molecular weight excluding hydrogens is 444 g/mol. The summed E-state index contributed by atoms with van der Waals surface area (Å²) in [5.74, 6) is -0.0477. The minimum absolute atomic E-state index is 0.0466. The van der Waals surface area contributed by atoms with Gasteiger partial charge in [-0.1, -0.05) is 26.8 Å². The number of piperidine rings is 1. The molecule has 0 spiro atoms. The summed E-state index contributed by atoms with van der Waals surface area (Å²) in [6.45, 7) is 14.7. The Labute approximate surface area is 209 Å². The third-order valence-electron chi connectivity index (χ3n) is 7.31. The first-order valence-electron chi connectivity index (χ1n) is 12.7. The fraction of sp³-hybridized carbons (Fsp3) is 0.667. The van der Waals surface area contributed by atoms with Crippen LogP contribution in [0.4, 0.5) is 16.2 Å². The zero-order valence-corrected chi connectivity index (χ0v) is 22.2. The average molecular weight is 485 g/mol. The fourth-order valence-corrected chi connectivity index (χ4v) is 6.00. The van der Waals surface area contributed by atoms with E-state index in [4.69, 9.17) is 4.74 Å². The smallest absolute Gasteiger partial charge is 0.410 e. The molecule has 1 aromatic rings. The van der Waals surface area contributed by atoms with E-state index in [2.05, 4.69) is 54.1 Å². The second-order valence-electron chi connectivity index (χ2n) is 12.3. The summed E-state index contributed by atoms with van der Waals surface area (Å²) >= 11 is 0. The maximum Gasteiger partial charge on any atom is 0.410 e. The standard InChI is InChI=1S/C27H40N4O4/c1-26(2,3)23(29(7)25(34)35-27(4,5)6)17-15-30(16-17)19-9-8-10-20-18(19)13-14-31(20)21-11-12-22(32)28-24(21)33/h8-10,17,21,23H,11-16H2,1-7H3,(H,28,32,33). The molecule has 3 heterocycles. The number of benzene rings is 1. The molecule has 8 nitrogen and oxygen atoms in total. The molecule has 1 aromatic carbocycles. The van der Waals surface area contributed by atoms with E-state index in [1.807, 2.05) is 27.8 Å². The van der Waals surface area contributed by atoms with Crippen molar-refractivity contribution in [3.05, 3.63) is 23.8 Å². The summed E-state index contributed by atoms with van der Waals surface area (Å²) in [5, 5.41) is 2.49. The maximum absolute atomic E-state index is 12.9. The molecular formula is C27H40N4O4. The number of hydrogen-bond donors (Lipinski definition) is 1. The Morgan fingerprint density at radius 1 is 1.09 bits per heavy atom. The molecule has 0 aromatic heterocycles. The summed E-state index contributed by atoms with van der Waals surface area (Å²) in [4.78, 5) is 43.3. The Kier molecular flexibility index (Phi) is 6.53. The molecule has 2 fully saturated rings. The van der Waals surface area contributed by atoms with Crippen molar-refractivity contribution in [1.29, 1.82) is 0 Å². The van der Waals surface area contributed by atoms with E-state index in [-0.39, 0.29) is 35.4 Å². The van der Waals surface area contributed by atoms with Crippen LogP contribution < -0.4 is 15.1 Å². The number of carbonyl (C=O) groups excluding carboxylic acids is 3. The average Bonchev–Trinajstić information content (AvgIpc) is 3.12. The second kappa shape index (κ2) is 9.03. The molecule has 192 valence electrons. The van der Waals surface area contributed by atoms with Crippen LogP contribution in [0.3, 0.4) is 0 Å². The highest BCUT2D eigenvalue weighted by Gasteiger charge is 2.45. The summed E-state index contributed by atoms with van der Waals surface area (Å²) in [6, 6.07) is 6.06. The molecule has 2 unspecified atom stereocenters. The SMILES string of the molecule is CN(C(=O)OC(C)(C)C)C(C1CN(c2cccc3c2CCN3C2CCC(=O)NC2=O)C1)C(C)(C)C. The first-order valence-corrected chi connectivity index (χ1v) is 12.7. The van der Waals surface area contributed by atoms with E-state index in [9.17, 15) is 14.4 Å². The minimum Gasteiger partial charge on any atom is -0.444 e. The molecule has 0 bridgehead atoms. The van der Waals surface area contributed by atoms with Crippen LogP contribution in [0, 0.1) is 11.3 Å². The molecule has 0 saturated carbocycles. The van der Waals surface area contributed by atoms with Gasteiger partial charge in [0.15, 0.2) is 0 Å². The lowest BCUT2D eigenvalue weighted by atomic mass is 9.74. The van der Waals surface area contributed by atoms with Crippen LogP contribution >= 0.6 is 0 Å². The normalized spacial score (nSPS) is 21.9. The van der Waals surface area contributed by atoms with Crippen LogP contribution in [0.2, 0.25) is 0 Å². The summed E-state index contributed by atoms with van der Waals surface area (Å²) in [6.07, 6.45) is 1.54. The molecule has 35 heavy (non-hydrogen) atoms. The maximum atomic E-state index is 12.9. The summed E-state index contributed by atoms with van der Waals surface area (Å²) < 4.78 is 5.67. The van der Waals surface area contributed by atoms with Gasteiger partial charge in [-0.15, -0.1) is 0 Å². The van der Waals surface area contributed by atoms with Crippen molar-refractivity contribution in [2.24, 2.45) is 11.3 Å². The van der Waals surface area contributed by atoms with E-state index < -0.39 is 5.60 Å². The van der Waals surface area contributed by atoms with Gasteiger partial charge in [0.25, 0.3) is 0 Å². The van der Waals surface area contributed by atoms with E-state index in [0.717, 1.165) is 31.7 Å². The monoisotopic (exact) mass is 484 g/mol. The topological polar surface area (TPSA) is 82.2 Å². The number of anilines is 2. The molecule has 2 atom stereocenters. The Morgan fingerprint density at radius 3 is 2.34 bits per heavy atom. The van der Waals surface area contributed by atoms with Crippen LogP contribution in [0.15, 0.2) is 18.2 Å². The van der Waals surface area contributed by atoms with Crippen molar-refractivity contribution < 1.29 is 19.1 Å². The van der Waals surface area contributed by atoms with Crippen molar-refractivity contribution in [2.45, 2.75) is 78.5 Å². The Hall–Kier alpha value is -2.77. The van der Waals surface area contributed by atoms with Crippen LogP contribution in [-0.4, -0.2) is 67.2 Å². The van der Waals surface area contributed by atoms with Gasteiger partial charge in [0.05, 0.1) is 0 Å². The van der Waals surface area contributed by atoms with Crippen LogP contribution in [0.25, 0.3) is 0 Å². The van der Waals surface area contributed by atoms with Crippen LogP contribution in [0.1, 0.15) is 59.9 Å². The lowest BCUT2D eigenvalue weighted by molar-refractivity contribution is -0.134. The van der Waals surface area contributed by atoms with Crippen molar-refractivity contribution in [2.75, 3.05) is 36.5 Å². The lowest BCUT2D eigenvalue weighted by Gasteiger charge is -2.51. The number of nitrogens with zero attached hydrogens (tertiary/aromatic N) is 3. The van der Waals surface area contributed by atoms with Crippen molar-refractivity contribution >= 4 is 29.3 Å². The molecule has 3 amide bonds. The molecule has 0 aliphatic carbocycles. The number of carbonyl (C=O) groups is 3. The largest absolute Gasteiger partial charge is 0.444 e. The summed E-state index contributed by atoms with van der Waals surface area (Å²) in [5.41, 5.74) is 2.95. The second-order valence-corrected chi connectivity index (χ2v) is 12.3. The first-order chi connectivity index (χ1) is 16.3. The van der Waals surface area contributed by atoms with E-state index >= 15 is 0 Å². The van der Waals surface area contributed by atoms with Gasteiger partial charge in [-0.05, 0) is 51.2 Å². The van der Waals surface area contributed by atoms with Gasteiger partial charge in [-0.25, -0.2) is 4.79 Å².